The van der Waals surface area contributed by atoms with E-state index in [0.717, 1.165) is 17.1 Å². The van der Waals surface area contributed by atoms with Crippen LogP contribution < -0.4 is 4.90 Å². The van der Waals surface area contributed by atoms with Gasteiger partial charge in [-0.3, -0.25) is 0 Å². The lowest BCUT2D eigenvalue weighted by Crippen LogP contribution is -2.28. The molecule has 0 bridgehead atoms. The highest BCUT2D eigenvalue weighted by molar-refractivity contribution is 5.97. The summed E-state index contributed by atoms with van der Waals surface area (Å²) >= 11 is 0. The Morgan fingerprint density at radius 1 is 0.222 bits per heavy atom. The predicted octanol–water partition coefficient (Wildman–Crippen LogP) is 19.0. The molecule has 0 aromatic heterocycles. The van der Waals surface area contributed by atoms with Crippen LogP contribution in [0.4, 0.5) is 17.1 Å². The molecule has 1 aliphatic carbocycles. The van der Waals surface area contributed by atoms with Gasteiger partial charge in [-0.1, -0.05) is 249 Å². The van der Waals surface area contributed by atoms with Gasteiger partial charge in [0, 0.05) is 17.1 Å². The van der Waals surface area contributed by atoms with Crippen molar-refractivity contribution in [2.24, 2.45) is 0 Å². The van der Waals surface area contributed by atoms with E-state index in [-0.39, 0.29) is 0 Å². The van der Waals surface area contributed by atoms with Crippen LogP contribution in [0.3, 0.4) is 0 Å². The molecule has 1 nitrogen and oxygen atoms in total. The number of benzene rings is 12. The van der Waals surface area contributed by atoms with E-state index in [4.69, 9.17) is 0 Å². The van der Waals surface area contributed by atoms with E-state index in [0.29, 0.717) is 0 Å². The van der Waals surface area contributed by atoms with Gasteiger partial charge in [-0.25, -0.2) is 0 Å². The SMILES string of the molecule is c1ccc(-c2ccc(-c3ccc(N(c4ccc(-c5cccc(-c6cccc7ccccc67)c5)cc4)c4ccc(-c5ccc6c(c5)C(c5ccccc5)(c5ccccc5)c5ccccc5-6)cc4)cc3)cc2)cc1. The standard InChI is InChI=1S/C71H49N/c1-4-16-50(17-5-1)51-30-32-52(33-31-51)53-34-41-62(42-35-53)72(63-43-36-54(37-44-63)57-20-14-21-59(48-57)66-28-15-19-56-18-10-11-26-65(56)66)64-45-38-55(39-46-64)58-40-47-68-67-27-12-13-29-69(67)71(70(68)49-58,60-22-6-2-7-23-60)61-24-8-3-9-25-61/h1-49H. The molecule has 0 fully saturated rings. The summed E-state index contributed by atoms with van der Waals surface area (Å²) in [7, 11) is 0. The van der Waals surface area contributed by atoms with Crippen molar-refractivity contribution in [1.82, 2.24) is 0 Å². The van der Waals surface area contributed by atoms with Crippen molar-refractivity contribution in [3.8, 4) is 66.8 Å². The van der Waals surface area contributed by atoms with E-state index in [2.05, 4.69) is 302 Å². The summed E-state index contributed by atoms with van der Waals surface area (Å²) in [6.07, 6.45) is 0. The highest BCUT2D eigenvalue weighted by Crippen LogP contribution is 2.56. The number of rotatable bonds is 10. The molecule has 0 amide bonds. The second-order valence-corrected chi connectivity index (χ2v) is 18.8. The fourth-order valence-corrected chi connectivity index (χ4v) is 11.3. The highest BCUT2D eigenvalue weighted by Gasteiger charge is 2.46. The topological polar surface area (TPSA) is 3.24 Å². The second-order valence-electron chi connectivity index (χ2n) is 18.8. The fraction of sp³-hybridized carbons (Fsp3) is 0.0141. The van der Waals surface area contributed by atoms with Crippen molar-refractivity contribution in [3.05, 3.63) is 320 Å². The van der Waals surface area contributed by atoms with Crippen molar-refractivity contribution in [3.63, 3.8) is 0 Å². The lowest BCUT2D eigenvalue weighted by molar-refractivity contribution is 0.769. The third-order valence-electron chi connectivity index (χ3n) is 14.8. The van der Waals surface area contributed by atoms with Gasteiger partial charge in [0.25, 0.3) is 0 Å². The van der Waals surface area contributed by atoms with Crippen LogP contribution in [0.15, 0.2) is 297 Å². The number of anilines is 3. The lowest BCUT2D eigenvalue weighted by atomic mass is 9.67. The highest BCUT2D eigenvalue weighted by atomic mass is 15.1. The summed E-state index contributed by atoms with van der Waals surface area (Å²) < 4.78 is 0. The molecule has 0 atom stereocenters. The molecule has 72 heavy (non-hydrogen) atoms. The molecular weight excluding hydrogens is 867 g/mol. The molecule has 12 aromatic rings. The molecule has 13 rings (SSSR count). The molecule has 0 N–H and O–H groups in total. The quantitative estimate of drug-likeness (QED) is 0.132. The number of hydrogen-bond donors (Lipinski definition) is 0. The Hall–Kier alpha value is -9.30. The number of fused-ring (bicyclic) bond motifs is 4. The van der Waals surface area contributed by atoms with E-state index >= 15 is 0 Å². The van der Waals surface area contributed by atoms with Gasteiger partial charge in [0.05, 0.1) is 5.41 Å². The molecule has 0 unspecified atom stereocenters. The maximum atomic E-state index is 2.45. The summed E-state index contributed by atoms with van der Waals surface area (Å²) in [6, 6.07) is 109. The van der Waals surface area contributed by atoms with Crippen LogP contribution in [-0.4, -0.2) is 0 Å². The third kappa shape index (κ3) is 7.51. The van der Waals surface area contributed by atoms with E-state index in [9.17, 15) is 0 Å². The first-order valence-corrected chi connectivity index (χ1v) is 24.9. The van der Waals surface area contributed by atoms with Gasteiger partial charge in [0.1, 0.15) is 0 Å². The number of nitrogens with zero attached hydrogens (tertiary/aromatic N) is 1. The second kappa shape index (κ2) is 18.2. The Balaban J connectivity index is 0.875. The third-order valence-corrected chi connectivity index (χ3v) is 14.8. The Morgan fingerprint density at radius 3 is 1.19 bits per heavy atom. The van der Waals surface area contributed by atoms with Crippen LogP contribution in [0.1, 0.15) is 22.3 Å². The first kappa shape index (κ1) is 42.8. The molecule has 0 saturated heterocycles. The summed E-state index contributed by atoms with van der Waals surface area (Å²) in [5.41, 5.74) is 22.5. The zero-order chi connectivity index (χ0) is 47.8. The zero-order valence-corrected chi connectivity index (χ0v) is 39.7. The normalized spacial score (nSPS) is 12.3. The van der Waals surface area contributed by atoms with Crippen LogP contribution in [0.25, 0.3) is 77.5 Å². The minimum atomic E-state index is -0.458. The Bertz CT molecular complexity index is 3810. The number of hydrogen-bond acceptors (Lipinski definition) is 1. The minimum absolute atomic E-state index is 0.458. The van der Waals surface area contributed by atoms with Gasteiger partial charge < -0.3 is 4.90 Å². The summed E-state index contributed by atoms with van der Waals surface area (Å²) in [6.45, 7) is 0. The molecule has 0 radical (unpaired) electrons. The average Bonchev–Trinajstić information content (AvgIpc) is 3.77. The minimum Gasteiger partial charge on any atom is -0.311 e. The zero-order valence-electron chi connectivity index (χ0n) is 39.7. The van der Waals surface area contributed by atoms with E-state index in [1.54, 1.807) is 0 Å². The molecular formula is C71H49N. The lowest BCUT2D eigenvalue weighted by Gasteiger charge is -2.34. The first-order valence-electron chi connectivity index (χ1n) is 24.9. The Labute approximate surface area is 422 Å². The molecule has 338 valence electrons. The molecule has 0 saturated carbocycles. The first-order chi connectivity index (χ1) is 35.7. The van der Waals surface area contributed by atoms with E-state index < -0.39 is 5.41 Å². The van der Waals surface area contributed by atoms with Crippen LogP contribution in [-0.2, 0) is 5.41 Å². The smallest absolute Gasteiger partial charge is 0.0713 e. The molecule has 0 aliphatic heterocycles. The van der Waals surface area contributed by atoms with Gasteiger partial charge in [0.15, 0.2) is 0 Å². The van der Waals surface area contributed by atoms with E-state index in [1.807, 2.05) is 0 Å². The maximum Gasteiger partial charge on any atom is 0.0713 e. The summed E-state index contributed by atoms with van der Waals surface area (Å²) in [5, 5.41) is 2.51. The van der Waals surface area contributed by atoms with Crippen molar-refractivity contribution < 1.29 is 0 Å². The molecule has 1 aliphatic rings. The van der Waals surface area contributed by atoms with Crippen LogP contribution in [0.5, 0.6) is 0 Å². The van der Waals surface area contributed by atoms with Crippen LogP contribution >= 0.6 is 0 Å². The summed E-state index contributed by atoms with van der Waals surface area (Å²) in [4.78, 5) is 2.37. The Morgan fingerprint density at radius 2 is 0.597 bits per heavy atom. The van der Waals surface area contributed by atoms with Gasteiger partial charge in [-0.2, -0.15) is 0 Å². The van der Waals surface area contributed by atoms with E-state index in [1.165, 1.54) is 99.8 Å². The van der Waals surface area contributed by atoms with Crippen molar-refractivity contribution in [2.45, 2.75) is 5.41 Å². The van der Waals surface area contributed by atoms with Gasteiger partial charge in [-0.15, -0.1) is 0 Å². The van der Waals surface area contributed by atoms with Crippen LogP contribution in [0.2, 0.25) is 0 Å². The van der Waals surface area contributed by atoms with Gasteiger partial charge in [-0.05, 0) is 148 Å². The molecule has 1 heteroatoms. The fourth-order valence-electron chi connectivity index (χ4n) is 11.3. The van der Waals surface area contributed by atoms with Gasteiger partial charge >= 0.3 is 0 Å². The molecule has 0 heterocycles. The van der Waals surface area contributed by atoms with Crippen LogP contribution in [0, 0.1) is 0 Å². The monoisotopic (exact) mass is 915 g/mol. The van der Waals surface area contributed by atoms with Crippen molar-refractivity contribution >= 4 is 27.8 Å². The predicted molar refractivity (Wildman–Crippen MR) is 303 cm³/mol. The largest absolute Gasteiger partial charge is 0.311 e. The molecule has 0 spiro atoms. The van der Waals surface area contributed by atoms with Crippen molar-refractivity contribution in [1.29, 1.82) is 0 Å². The van der Waals surface area contributed by atoms with Crippen molar-refractivity contribution in [2.75, 3.05) is 4.90 Å². The van der Waals surface area contributed by atoms with Gasteiger partial charge in [0.2, 0.25) is 0 Å². The Kier molecular flexibility index (Phi) is 10.8. The average molecular weight is 916 g/mol. The maximum absolute atomic E-state index is 2.45. The summed E-state index contributed by atoms with van der Waals surface area (Å²) in [5.74, 6) is 0. The molecule has 12 aromatic carbocycles.